The summed E-state index contributed by atoms with van der Waals surface area (Å²) in [6.07, 6.45) is 4.98. The van der Waals surface area contributed by atoms with Crippen LogP contribution in [0.2, 0.25) is 5.15 Å². The van der Waals surface area contributed by atoms with E-state index in [1.54, 1.807) is 0 Å². The number of rotatable bonds is 2. The fraction of sp³-hybridized carbons (Fsp3) is 0.600. The van der Waals surface area contributed by atoms with Crippen LogP contribution in [0.3, 0.4) is 0 Å². The third-order valence-electron chi connectivity index (χ3n) is 2.93. The summed E-state index contributed by atoms with van der Waals surface area (Å²) in [6, 6.07) is 0.540. The molecule has 0 saturated carbocycles. The van der Waals surface area contributed by atoms with Crippen LogP contribution in [0.25, 0.3) is 0 Å². The van der Waals surface area contributed by atoms with Gasteiger partial charge in [-0.15, -0.1) is 0 Å². The fourth-order valence-electron chi connectivity index (χ4n) is 2.13. The predicted molar refractivity (Wildman–Crippen MR) is 62.1 cm³/mol. The summed E-state index contributed by atoms with van der Waals surface area (Å²) in [5, 5.41) is 0.349. The van der Waals surface area contributed by atoms with Gasteiger partial charge in [0.2, 0.25) is 0 Å². The van der Waals surface area contributed by atoms with Crippen molar-refractivity contribution in [2.75, 3.05) is 17.2 Å². The lowest BCUT2D eigenvalue weighted by molar-refractivity contribution is 0.640. The van der Waals surface area contributed by atoms with E-state index in [0.717, 1.165) is 18.8 Å². The van der Waals surface area contributed by atoms with E-state index < -0.39 is 0 Å². The lowest BCUT2D eigenvalue weighted by Crippen LogP contribution is -2.30. The molecule has 1 saturated heterocycles. The molecule has 2 N–H and O–H groups in total. The Morgan fingerprint density at radius 2 is 2.40 bits per heavy atom. The number of anilines is 2. The average molecular weight is 227 g/mol. The maximum atomic E-state index is 5.88. The van der Waals surface area contributed by atoms with Gasteiger partial charge in [0.05, 0.1) is 0 Å². The van der Waals surface area contributed by atoms with E-state index in [1.807, 2.05) is 0 Å². The number of halogens is 1. The molecule has 15 heavy (non-hydrogen) atoms. The van der Waals surface area contributed by atoms with Crippen LogP contribution in [-0.4, -0.2) is 22.6 Å². The molecule has 5 heteroatoms. The molecule has 1 aliphatic rings. The van der Waals surface area contributed by atoms with Gasteiger partial charge in [0.15, 0.2) is 11.0 Å². The molecule has 1 aliphatic heterocycles. The van der Waals surface area contributed by atoms with Crippen molar-refractivity contribution in [2.24, 2.45) is 0 Å². The standard InChI is InChI=1S/C10H15ClN4/c1-2-7-4-3-5-15(7)10-8(12)9(11)13-6-14-10/h6-7H,2-5,12H2,1H3. The normalized spacial score (nSPS) is 20.9. The zero-order chi connectivity index (χ0) is 10.8. The average Bonchev–Trinajstić information content (AvgIpc) is 2.70. The molecule has 1 aromatic rings. The van der Waals surface area contributed by atoms with E-state index in [4.69, 9.17) is 17.3 Å². The number of hydrogen-bond acceptors (Lipinski definition) is 4. The largest absolute Gasteiger partial charge is 0.393 e. The van der Waals surface area contributed by atoms with Gasteiger partial charge in [-0.2, -0.15) is 0 Å². The quantitative estimate of drug-likeness (QED) is 0.785. The molecule has 4 nitrogen and oxygen atoms in total. The fourth-order valence-corrected chi connectivity index (χ4v) is 2.26. The van der Waals surface area contributed by atoms with Gasteiger partial charge < -0.3 is 10.6 Å². The van der Waals surface area contributed by atoms with Crippen LogP contribution in [0, 0.1) is 0 Å². The number of nitrogen functional groups attached to an aromatic ring is 1. The summed E-state index contributed by atoms with van der Waals surface area (Å²) >= 11 is 5.88. The molecular formula is C10H15ClN4. The summed E-state index contributed by atoms with van der Waals surface area (Å²) in [6.45, 7) is 3.19. The van der Waals surface area contributed by atoms with Gasteiger partial charge in [-0.3, -0.25) is 0 Å². The van der Waals surface area contributed by atoms with Gasteiger partial charge >= 0.3 is 0 Å². The molecule has 0 radical (unpaired) electrons. The maximum absolute atomic E-state index is 5.88. The minimum Gasteiger partial charge on any atom is -0.393 e. The second-order valence-corrected chi connectivity index (χ2v) is 4.16. The van der Waals surface area contributed by atoms with Crippen molar-refractivity contribution >= 4 is 23.1 Å². The minimum atomic E-state index is 0.349. The topological polar surface area (TPSA) is 55.0 Å². The van der Waals surface area contributed by atoms with E-state index in [1.165, 1.54) is 19.2 Å². The Bertz CT molecular complexity index is 355. The summed E-state index contributed by atoms with van der Waals surface area (Å²) in [5.41, 5.74) is 6.38. The highest BCUT2D eigenvalue weighted by Gasteiger charge is 2.26. The van der Waals surface area contributed by atoms with Crippen molar-refractivity contribution < 1.29 is 0 Å². The van der Waals surface area contributed by atoms with Gasteiger partial charge in [0.1, 0.15) is 12.0 Å². The molecule has 0 aliphatic carbocycles. The lowest BCUT2D eigenvalue weighted by Gasteiger charge is -2.25. The Labute approximate surface area is 94.5 Å². The van der Waals surface area contributed by atoms with E-state index in [-0.39, 0.29) is 0 Å². The maximum Gasteiger partial charge on any atom is 0.157 e. The second kappa shape index (κ2) is 4.23. The van der Waals surface area contributed by atoms with Crippen molar-refractivity contribution in [2.45, 2.75) is 32.2 Å². The van der Waals surface area contributed by atoms with Gasteiger partial charge in [-0.1, -0.05) is 18.5 Å². The van der Waals surface area contributed by atoms with Gasteiger partial charge in [0.25, 0.3) is 0 Å². The first-order chi connectivity index (χ1) is 7.24. The highest BCUT2D eigenvalue weighted by molar-refractivity contribution is 6.32. The number of nitrogens with zero attached hydrogens (tertiary/aromatic N) is 3. The van der Waals surface area contributed by atoms with Crippen molar-refractivity contribution in [3.63, 3.8) is 0 Å². The van der Waals surface area contributed by atoms with Crippen molar-refractivity contribution in [3.05, 3.63) is 11.5 Å². The number of hydrogen-bond donors (Lipinski definition) is 1. The highest BCUT2D eigenvalue weighted by Crippen LogP contribution is 2.32. The smallest absolute Gasteiger partial charge is 0.157 e. The first-order valence-corrected chi connectivity index (χ1v) is 5.64. The monoisotopic (exact) mass is 226 g/mol. The molecule has 2 heterocycles. The predicted octanol–water partition coefficient (Wildman–Crippen LogP) is 2.09. The Hall–Kier alpha value is -1.03. The molecule has 1 unspecified atom stereocenters. The molecule has 1 aromatic heterocycles. The number of nitrogens with two attached hydrogens (primary N) is 1. The molecule has 1 atom stereocenters. The van der Waals surface area contributed by atoms with E-state index in [9.17, 15) is 0 Å². The Morgan fingerprint density at radius 1 is 1.60 bits per heavy atom. The first-order valence-electron chi connectivity index (χ1n) is 5.26. The summed E-state index contributed by atoms with van der Waals surface area (Å²) in [4.78, 5) is 10.3. The van der Waals surface area contributed by atoms with Crippen molar-refractivity contribution in [1.82, 2.24) is 9.97 Å². The molecule has 82 valence electrons. The van der Waals surface area contributed by atoms with E-state index in [0.29, 0.717) is 16.9 Å². The Kier molecular flexibility index (Phi) is 2.95. The Morgan fingerprint density at radius 3 is 3.13 bits per heavy atom. The van der Waals surface area contributed by atoms with Crippen LogP contribution in [0.15, 0.2) is 6.33 Å². The van der Waals surface area contributed by atoms with E-state index in [2.05, 4.69) is 21.8 Å². The van der Waals surface area contributed by atoms with Crippen LogP contribution in [-0.2, 0) is 0 Å². The molecule has 0 aromatic carbocycles. The van der Waals surface area contributed by atoms with E-state index >= 15 is 0 Å². The molecule has 0 spiro atoms. The van der Waals surface area contributed by atoms with Crippen LogP contribution in [0.1, 0.15) is 26.2 Å². The van der Waals surface area contributed by atoms with Crippen LogP contribution >= 0.6 is 11.6 Å². The van der Waals surface area contributed by atoms with Gasteiger partial charge in [0, 0.05) is 12.6 Å². The summed E-state index contributed by atoms with van der Waals surface area (Å²) < 4.78 is 0. The molecule has 0 amide bonds. The third-order valence-corrected chi connectivity index (χ3v) is 3.24. The SMILES string of the molecule is CCC1CCCN1c1ncnc(Cl)c1N. The highest BCUT2D eigenvalue weighted by atomic mass is 35.5. The molecule has 2 rings (SSSR count). The van der Waals surface area contributed by atoms with Crippen molar-refractivity contribution in [3.8, 4) is 0 Å². The van der Waals surface area contributed by atoms with Crippen LogP contribution in [0.5, 0.6) is 0 Å². The minimum absolute atomic E-state index is 0.349. The van der Waals surface area contributed by atoms with Gasteiger partial charge in [-0.25, -0.2) is 9.97 Å². The molecule has 0 bridgehead atoms. The third kappa shape index (κ3) is 1.86. The summed E-state index contributed by atoms with van der Waals surface area (Å²) in [5.74, 6) is 0.791. The molecule has 1 fully saturated rings. The summed E-state index contributed by atoms with van der Waals surface area (Å²) in [7, 11) is 0. The second-order valence-electron chi connectivity index (χ2n) is 3.80. The zero-order valence-corrected chi connectivity index (χ0v) is 9.54. The molecular weight excluding hydrogens is 212 g/mol. The van der Waals surface area contributed by atoms with Gasteiger partial charge in [-0.05, 0) is 19.3 Å². The van der Waals surface area contributed by atoms with Crippen LogP contribution in [0.4, 0.5) is 11.5 Å². The van der Waals surface area contributed by atoms with Crippen molar-refractivity contribution in [1.29, 1.82) is 0 Å². The Balaban J connectivity index is 2.32. The lowest BCUT2D eigenvalue weighted by atomic mass is 10.2. The van der Waals surface area contributed by atoms with Crippen LogP contribution < -0.4 is 10.6 Å². The first kappa shape index (κ1) is 10.5. The zero-order valence-electron chi connectivity index (χ0n) is 8.78. The number of aromatic nitrogens is 2.